The van der Waals surface area contributed by atoms with Crippen LogP contribution in [0.4, 0.5) is 5.69 Å². The number of rotatable bonds is 5. The molecule has 1 rings (SSSR count). The minimum Gasteiger partial charge on any atom is -0.399 e. The molecule has 0 bridgehead atoms. The summed E-state index contributed by atoms with van der Waals surface area (Å²) in [4.78, 5) is 0. The van der Waals surface area contributed by atoms with Crippen molar-refractivity contribution in [2.45, 2.75) is 6.42 Å². The summed E-state index contributed by atoms with van der Waals surface area (Å²) in [7, 11) is 0. The lowest BCUT2D eigenvalue weighted by molar-refractivity contribution is 0.745. The fourth-order valence-electron chi connectivity index (χ4n) is 1.19. The maximum atomic E-state index is 5.65. The van der Waals surface area contributed by atoms with E-state index in [1.165, 1.54) is 5.56 Å². The van der Waals surface area contributed by atoms with Crippen LogP contribution in [0, 0.1) is 0 Å². The monoisotopic (exact) mass is 176 g/mol. The van der Waals surface area contributed by atoms with Crippen LogP contribution < -0.4 is 11.1 Å². The molecule has 0 aliphatic carbocycles. The fraction of sp³-hybridized carbons (Fsp3) is 0.273. The van der Waals surface area contributed by atoms with Crippen LogP contribution in [0.1, 0.15) is 5.56 Å². The van der Waals surface area contributed by atoms with E-state index in [0.717, 1.165) is 25.2 Å². The molecular weight excluding hydrogens is 160 g/mol. The Balaban J connectivity index is 2.32. The summed E-state index contributed by atoms with van der Waals surface area (Å²) in [5, 5.41) is 3.24. The van der Waals surface area contributed by atoms with Crippen molar-refractivity contribution in [2.24, 2.45) is 0 Å². The van der Waals surface area contributed by atoms with E-state index in [0.29, 0.717) is 0 Å². The third-order valence-electron chi connectivity index (χ3n) is 1.83. The zero-order chi connectivity index (χ0) is 9.52. The van der Waals surface area contributed by atoms with Crippen LogP contribution in [-0.2, 0) is 6.42 Å². The van der Waals surface area contributed by atoms with Crippen LogP contribution in [0.15, 0.2) is 36.9 Å². The second-order valence-corrected chi connectivity index (χ2v) is 2.99. The van der Waals surface area contributed by atoms with Gasteiger partial charge in [0.25, 0.3) is 0 Å². The lowest BCUT2D eigenvalue weighted by Gasteiger charge is -2.02. The topological polar surface area (TPSA) is 38.0 Å². The maximum absolute atomic E-state index is 5.65. The Labute approximate surface area is 79.5 Å². The first-order valence-corrected chi connectivity index (χ1v) is 4.49. The summed E-state index contributed by atoms with van der Waals surface area (Å²) in [5.74, 6) is 0. The zero-order valence-corrected chi connectivity index (χ0v) is 7.79. The van der Waals surface area contributed by atoms with Crippen LogP contribution in [0.5, 0.6) is 0 Å². The van der Waals surface area contributed by atoms with Crippen LogP contribution in [0.25, 0.3) is 0 Å². The summed E-state index contributed by atoms with van der Waals surface area (Å²) >= 11 is 0. The van der Waals surface area contributed by atoms with Gasteiger partial charge >= 0.3 is 0 Å². The zero-order valence-electron chi connectivity index (χ0n) is 7.79. The Bertz CT molecular complexity index is 269. The third kappa shape index (κ3) is 3.76. The van der Waals surface area contributed by atoms with Crippen molar-refractivity contribution in [3.05, 3.63) is 42.5 Å². The molecule has 13 heavy (non-hydrogen) atoms. The lowest BCUT2D eigenvalue weighted by Crippen LogP contribution is -2.16. The highest BCUT2D eigenvalue weighted by atomic mass is 14.8. The molecule has 0 saturated heterocycles. The number of nitrogen functional groups attached to an aromatic ring is 1. The van der Waals surface area contributed by atoms with Crippen LogP contribution in [0.3, 0.4) is 0 Å². The largest absolute Gasteiger partial charge is 0.399 e. The molecule has 3 N–H and O–H groups in total. The summed E-state index contributed by atoms with van der Waals surface area (Å²) in [6.07, 6.45) is 2.87. The van der Waals surface area contributed by atoms with Gasteiger partial charge in [0, 0.05) is 12.2 Å². The highest BCUT2D eigenvalue weighted by Gasteiger charge is 1.92. The molecule has 0 unspecified atom stereocenters. The fourth-order valence-corrected chi connectivity index (χ4v) is 1.19. The number of nitrogens with two attached hydrogens (primary N) is 1. The van der Waals surface area contributed by atoms with Crippen molar-refractivity contribution < 1.29 is 0 Å². The van der Waals surface area contributed by atoms with Gasteiger partial charge in [0.1, 0.15) is 0 Å². The molecule has 1 aromatic rings. The van der Waals surface area contributed by atoms with Gasteiger partial charge in [0.2, 0.25) is 0 Å². The van der Waals surface area contributed by atoms with Crippen LogP contribution >= 0.6 is 0 Å². The van der Waals surface area contributed by atoms with E-state index in [2.05, 4.69) is 18.0 Å². The predicted molar refractivity (Wildman–Crippen MR) is 57.6 cm³/mol. The Morgan fingerprint density at radius 2 is 2.31 bits per heavy atom. The molecule has 0 radical (unpaired) electrons. The molecule has 0 atom stereocenters. The molecule has 0 aromatic heterocycles. The van der Waals surface area contributed by atoms with Gasteiger partial charge in [0.05, 0.1) is 0 Å². The first kappa shape index (κ1) is 9.81. The van der Waals surface area contributed by atoms with Gasteiger partial charge < -0.3 is 11.1 Å². The van der Waals surface area contributed by atoms with Gasteiger partial charge in [-0.2, -0.15) is 0 Å². The molecule has 0 aliphatic heterocycles. The van der Waals surface area contributed by atoms with Crippen molar-refractivity contribution >= 4 is 5.69 Å². The molecule has 0 aliphatic rings. The average molecular weight is 176 g/mol. The standard InChI is InChI=1S/C11H16N2/c1-2-7-13-8-6-10-4-3-5-11(12)9-10/h2-5,9,13H,1,6-8,12H2. The molecular formula is C11H16N2. The number of hydrogen-bond acceptors (Lipinski definition) is 2. The molecule has 0 spiro atoms. The first-order chi connectivity index (χ1) is 6.33. The molecule has 2 nitrogen and oxygen atoms in total. The van der Waals surface area contributed by atoms with Crippen LogP contribution in [0.2, 0.25) is 0 Å². The molecule has 70 valence electrons. The minimum atomic E-state index is 0.834. The van der Waals surface area contributed by atoms with E-state index in [4.69, 9.17) is 5.73 Å². The first-order valence-electron chi connectivity index (χ1n) is 4.49. The van der Waals surface area contributed by atoms with E-state index in [-0.39, 0.29) is 0 Å². The molecule has 1 aromatic carbocycles. The van der Waals surface area contributed by atoms with E-state index < -0.39 is 0 Å². The highest BCUT2D eigenvalue weighted by molar-refractivity contribution is 5.40. The van der Waals surface area contributed by atoms with Crippen molar-refractivity contribution in [3.63, 3.8) is 0 Å². The Kier molecular flexibility index (Phi) is 4.06. The summed E-state index contributed by atoms with van der Waals surface area (Å²) < 4.78 is 0. The Morgan fingerprint density at radius 1 is 1.46 bits per heavy atom. The Morgan fingerprint density at radius 3 is 3.00 bits per heavy atom. The maximum Gasteiger partial charge on any atom is 0.0316 e. The normalized spacial score (nSPS) is 9.85. The SMILES string of the molecule is C=CCNCCc1cccc(N)c1. The van der Waals surface area contributed by atoms with E-state index >= 15 is 0 Å². The predicted octanol–water partition coefficient (Wildman–Crippen LogP) is 1.59. The molecule has 0 fully saturated rings. The van der Waals surface area contributed by atoms with Gasteiger partial charge in [-0.3, -0.25) is 0 Å². The summed E-state index contributed by atoms with van der Waals surface area (Å²) in [5.41, 5.74) is 7.76. The lowest BCUT2D eigenvalue weighted by atomic mass is 10.1. The van der Waals surface area contributed by atoms with Crippen molar-refractivity contribution in [3.8, 4) is 0 Å². The Hall–Kier alpha value is -1.28. The summed E-state index contributed by atoms with van der Waals surface area (Å²) in [6.45, 7) is 5.47. The van der Waals surface area contributed by atoms with Gasteiger partial charge in [0.15, 0.2) is 0 Å². The van der Waals surface area contributed by atoms with E-state index in [9.17, 15) is 0 Å². The van der Waals surface area contributed by atoms with E-state index in [1.54, 1.807) is 0 Å². The number of hydrogen-bond donors (Lipinski definition) is 2. The number of benzene rings is 1. The second-order valence-electron chi connectivity index (χ2n) is 2.99. The number of nitrogens with one attached hydrogen (secondary N) is 1. The van der Waals surface area contributed by atoms with E-state index in [1.807, 2.05) is 24.3 Å². The molecule has 0 amide bonds. The molecule has 0 heterocycles. The van der Waals surface area contributed by atoms with Crippen molar-refractivity contribution in [1.82, 2.24) is 5.32 Å². The van der Waals surface area contributed by atoms with Gasteiger partial charge in [-0.05, 0) is 30.7 Å². The van der Waals surface area contributed by atoms with Crippen molar-refractivity contribution in [2.75, 3.05) is 18.8 Å². The average Bonchev–Trinajstić information content (AvgIpc) is 2.13. The smallest absolute Gasteiger partial charge is 0.0316 e. The second kappa shape index (κ2) is 5.38. The molecule has 0 saturated carbocycles. The minimum absolute atomic E-state index is 0.834. The van der Waals surface area contributed by atoms with Gasteiger partial charge in [-0.15, -0.1) is 6.58 Å². The van der Waals surface area contributed by atoms with Crippen LogP contribution in [-0.4, -0.2) is 13.1 Å². The van der Waals surface area contributed by atoms with Gasteiger partial charge in [-0.25, -0.2) is 0 Å². The summed E-state index contributed by atoms with van der Waals surface area (Å²) in [6, 6.07) is 7.99. The van der Waals surface area contributed by atoms with Crippen molar-refractivity contribution in [1.29, 1.82) is 0 Å². The molecule has 2 heteroatoms. The quantitative estimate of drug-likeness (QED) is 0.406. The third-order valence-corrected chi connectivity index (χ3v) is 1.83. The highest BCUT2D eigenvalue weighted by Crippen LogP contribution is 2.06. The number of anilines is 1. The van der Waals surface area contributed by atoms with Gasteiger partial charge in [-0.1, -0.05) is 18.2 Å².